The number of benzene rings is 10. The van der Waals surface area contributed by atoms with E-state index in [9.17, 15) is 4.80 Å². The van der Waals surface area contributed by atoms with E-state index in [1.165, 1.54) is 0 Å². The Kier molecular flexibility index (Phi) is 15.7. The molecule has 10 aromatic carbocycles. The highest BCUT2D eigenvalue weighted by atomic mass is 28.6. The summed E-state index contributed by atoms with van der Waals surface area (Å²) in [5.74, 6) is 0. The van der Waals surface area contributed by atoms with Crippen LogP contribution < -0.4 is 63.3 Å². The molecule has 4 fully saturated rings. The highest BCUT2D eigenvalue weighted by Crippen LogP contribution is 2.44. The molecule has 16 nitrogen and oxygen atoms in total. The lowest BCUT2D eigenvalue weighted by Gasteiger charge is -2.58. The minimum absolute atomic E-state index is 0.278. The average molecular weight is 1350 g/mol. The number of nitrogens with two attached hydrogens (primary N) is 2. The summed E-state index contributed by atoms with van der Waals surface area (Å²) >= 11 is 0. The van der Waals surface area contributed by atoms with Crippen LogP contribution in [0.25, 0.3) is 0 Å². The third-order valence-corrected chi connectivity index (χ3v) is 58.3. The predicted molar refractivity (Wildman–Crippen MR) is 361 cm³/mol. The first-order chi connectivity index (χ1) is 43.0. The van der Waals surface area contributed by atoms with Gasteiger partial charge in [0.1, 0.15) is 0 Å². The minimum atomic E-state index is -5.38. The Hall–Kier alpha value is -6.59. The second-order valence-electron chi connectivity index (χ2n) is 22.3. The van der Waals surface area contributed by atoms with Crippen LogP contribution in [-0.2, 0) is 53.5 Å². The third-order valence-electron chi connectivity index (χ3n) is 15.9. The van der Waals surface area contributed by atoms with Gasteiger partial charge in [0.15, 0.2) is 0 Å². The van der Waals surface area contributed by atoms with Gasteiger partial charge in [0.25, 0.3) is 0 Å². The van der Waals surface area contributed by atoms with Gasteiger partial charge in [-0.1, -0.05) is 267 Å². The van der Waals surface area contributed by atoms with Gasteiger partial charge in [0, 0.05) is 47.7 Å². The quantitative estimate of drug-likeness (QED) is 0.130. The number of fused-ring (bicyclic) bond motifs is 4. The molecule has 89 heavy (non-hydrogen) atoms. The van der Waals surface area contributed by atoms with Crippen LogP contribution in [0.4, 0.5) is 11.4 Å². The molecule has 26 heteroatoms. The Morgan fingerprint density at radius 3 is 0.596 bits per heavy atom. The zero-order valence-electron chi connectivity index (χ0n) is 48.6. The van der Waals surface area contributed by atoms with E-state index < -0.39 is 87.3 Å². The summed E-state index contributed by atoms with van der Waals surface area (Å²) in [5.41, 5.74) is 14.2. The SMILES string of the molecule is C[Si]1(c2ccccc2)O[Si]2(c3ccccc3)O[Si](C)(c3ccc(N)cc3)O[Si]3(c4ccccc4)O[Si](O)(c4ccccc4)O[Si]4(c5ccccc5)O[Si](C)(c5ccc(N)cc5)O[Si](c5ccccc5)(O1)O[Si](c1ccccc1)(O2)O[Si](c1ccccc1)(O3)O4. The van der Waals surface area contributed by atoms with E-state index in [2.05, 4.69) is 0 Å². The monoisotopic (exact) mass is 1350 g/mol. The molecule has 0 spiro atoms. The van der Waals surface area contributed by atoms with Crippen molar-refractivity contribution in [2.24, 2.45) is 0 Å². The molecular weight excluding hydrogens is 1290 g/mol. The minimum Gasteiger partial charge on any atom is -0.399 e. The van der Waals surface area contributed by atoms with Crippen LogP contribution in [0, 0.1) is 0 Å². The van der Waals surface area contributed by atoms with E-state index in [4.69, 9.17) is 65.0 Å². The van der Waals surface area contributed by atoms with Gasteiger partial charge in [-0.25, -0.2) is 0 Å². The summed E-state index contributed by atoms with van der Waals surface area (Å²) in [7, 11) is -50.0. The molecule has 4 aliphatic rings. The van der Waals surface area contributed by atoms with Gasteiger partial charge >= 0.3 is 87.3 Å². The van der Waals surface area contributed by atoms with Gasteiger partial charge < -0.3 is 69.8 Å². The van der Waals surface area contributed by atoms with Gasteiger partial charge in [0.2, 0.25) is 0 Å². The van der Waals surface area contributed by atoms with Gasteiger partial charge in [-0.3, -0.25) is 0 Å². The zero-order valence-corrected chi connectivity index (χ0v) is 58.6. The van der Waals surface area contributed by atoms with Crippen LogP contribution in [0.5, 0.6) is 0 Å². The number of rotatable bonds is 10. The Bertz CT molecular complexity index is 3710. The number of hydrogen-bond acceptors (Lipinski definition) is 16. The number of nitrogen functional groups attached to an aromatic ring is 2. The van der Waals surface area contributed by atoms with E-state index >= 15 is 0 Å². The van der Waals surface area contributed by atoms with Crippen molar-refractivity contribution in [3.63, 3.8) is 0 Å². The molecule has 14 rings (SSSR count). The molecule has 0 aliphatic carbocycles. The first kappa shape index (κ1) is 60.0. The van der Waals surface area contributed by atoms with E-state index in [1.54, 1.807) is 36.4 Å². The van der Waals surface area contributed by atoms with Crippen LogP contribution in [-0.4, -0.2) is 92.1 Å². The van der Waals surface area contributed by atoms with E-state index in [1.807, 2.05) is 274 Å². The summed E-state index contributed by atoms with van der Waals surface area (Å²) in [5, 5.41) is 4.79. The molecule has 0 aromatic heterocycles. The molecule has 4 saturated heterocycles. The van der Waals surface area contributed by atoms with Crippen molar-refractivity contribution in [3.05, 3.63) is 291 Å². The number of anilines is 2. The second-order valence-corrected chi connectivity index (χ2v) is 52.2. The Morgan fingerprint density at radius 2 is 0.371 bits per heavy atom. The molecule has 0 amide bonds. The lowest BCUT2D eigenvalue weighted by molar-refractivity contribution is 0.0558. The molecule has 0 radical (unpaired) electrons. The molecule has 5 N–H and O–H groups in total. The van der Waals surface area contributed by atoms with Crippen molar-refractivity contribution in [2.45, 2.75) is 19.6 Å². The molecule has 6 atom stereocenters. The first-order valence-corrected chi connectivity index (χ1v) is 48.1. The summed E-state index contributed by atoms with van der Waals surface area (Å²) in [4.78, 5) is 14.8. The predicted octanol–water partition coefficient (Wildman–Crippen LogP) is 4.27. The molecule has 4 aliphatic heterocycles. The Balaban J connectivity index is 1.24. The van der Waals surface area contributed by atoms with Crippen LogP contribution >= 0.6 is 0 Å². The van der Waals surface area contributed by atoms with Crippen LogP contribution in [0.15, 0.2) is 291 Å². The maximum atomic E-state index is 14.8. The van der Waals surface area contributed by atoms with Crippen molar-refractivity contribution in [1.29, 1.82) is 0 Å². The summed E-state index contributed by atoms with van der Waals surface area (Å²) in [6, 6.07) is 90.3. The van der Waals surface area contributed by atoms with Crippen LogP contribution in [0.1, 0.15) is 0 Å². The topological polar surface area (TPSA) is 192 Å². The maximum Gasteiger partial charge on any atom is 0.520 e. The zero-order chi connectivity index (χ0) is 61.1. The van der Waals surface area contributed by atoms with Gasteiger partial charge in [-0.15, -0.1) is 0 Å². The largest absolute Gasteiger partial charge is 0.520 e. The normalized spacial score (nSPS) is 32.0. The standard InChI is InChI=1S/C63H62N2O14Si10/c1-80(54-28-12-4-13-29-54)67-84(58-32-16-6-17-33-58)69-81(2,55-48-44-52(64)45-49-55)71-86(60-36-20-8-21-37-60)73-83(66,57-30-14-5-15-31-57)74-87(61-38-22-9-23-39-61)72-82(3,56-50-46-53(65)47-51-56)70-85(68-80,59-34-18-7-19-35-59)76-88(75-84,62-40-24-10-25-41-62)79-89(77-86,78-87)63-42-26-11-27-43-63/h4-51,66H,64-65H2,1-3H3. The molecule has 4 heterocycles. The van der Waals surface area contributed by atoms with Gasteiger partial charge in [-0.05, 0) is 59.5 Å². The first-order valence-electron chi connectivity index (χ1n) is 29.0. The van der Waals surface area contributed by atoms with Crippen LogP contribution in [0.3, 0.4) is 0 Å². The fourth-order valence-electron chi connectivity index (χ4n) is 11.6. The van der Waals surface area contributed by atoms with Crippen LogP contribution in [0.2, 0.25) is 19.6 Å². The van der Waals surface area contributed by atoms with E-state index in [-0.39, 0.29) is 5.19 Å². The van der Waals surface area contributed by atoms with Crippen molar-refractivity contribution in [2.75, 3.05) is 11.5 Å². The molecule has 6 bridgehead atoms. The van der Waals surface area contributed by atoms with Crippen molar-refractivity contribution in [3.8, 4) is 0 Å². The van der Waals surface area contributed by atoms with Crippen molar-refractivity contribution >= 4 is 151 Å². The highest BCUT2D eigenvalue weighted by Gasteiger charge is 2.80. The lowest BCUT2D eigenvalue weighted by atomic mass is 10.3. The Labute approximate surface area is 527 Å². The second kappa shape index (κ2) is 23.3. The van der Waals surface area contributed by atoms with E-state index in [0.717, 1.165) is 0 Å². The van der Waals surface area contributed by atoms with Gasteiger partial charge in [0.05, 0.1) is 0 Å². The third kappa shape index (κ3) is 11.1. The van der Waals surface area contributed by atoms with Crippen molar-refractivity contribution < 1.29 is 58.3 Å². The number of hydrogen-bond donors (Lipinski definition) is 3. The fraction of sp³-hybridized carbons (Fsp3) is 0.0476. The van der Waals surface area contributed by atoms with Gasteiger partial charge in [-0.2, -0.15) is 0 Å². The van der Waals surface area contributed by atoms with Crippen molar-refractivity contribution in [1.82, 2.24) is 0 Å². The molecule has 6 unspecified atom stereocenters. The van der Waals surface area contributed by atoms with E-state index in [0.29, 0.717) is 58.1 Å². The maximum absolute atomic E-state index is 14.8. The molecular formula is C63H62N2O14Si10. The summed E-state index contributed by atoms with van der Waals surface area (Å²) < 4.78 is 109. The summed E-state index contributed by atoms with van der Waals surface area (Å²) in [6.07, 6.45) is 0. The average Bonchev–Trinajstić information content (AvgIpc) is 0.875. The summed E-state index contributed by atoms with van der Waals surface area (Å²) in [6.45, 7) is 5.79. The lowest BCUT2D eigenvalue weighted by Crippen LogP contribution is -2.91. The molecule has 448 valence electrons. The molecule has 10 aromatic rings. The Morgan fingerprint density at radius 1 is 0.202 bits per heavy atom. The smallest absolute Gasteiger partial charge is 0.399 e. The highest BCUT2D eigenvalue weighted by molar-refractivity contribution is 7.12. The molecule has 0 saturated carbocycles. The fourth-order valence-corrected chi connectivity index (χ4v) is 64.6.